The van der Waals surface area contributed by atoms with Crippen LogP contribution in [0.5, 0.6) is 0 Å². The molecule has 0 aromatic heterocycles. The van der Waals surface area contributed by atoms with E-state index < -0.39 is 17.5 Å². The molecule has 0 aliphatic carbocycles. The fourth-order valence-corrected chi connectivity index (χ4v) is 3.07. The summed E-state index contributed by atoms with van der Waals surface area (Å²) in [5, 5.41) is 0. The van der Waals surface area contributed by atoms with Crippen molar-refractivity contribution in [3.8, 4) is 22.3 Å². The van der Waals surface area contributed by atoms with E-state index in [-0.39, 0.29) is 5.56 Å². The molecule has 0 nitrogen and oxygen atoms in total. The van der Waals surface area contributed by atoms with Crippen molar-refractivity contribution in [3.63, 3.8) is 0 Å². The zero-order chi connectivity index (χ0) is 18.5. The highest BCUT2D eigenvalue weighted by Crippen LogP contribution is 2.30. The van der Waals surface area contributed by atoms with Crippen LogP contribution < -0.4 is 0 Å². The first-order valence-electron chi connectivity index (χ1n) is 8.93. The third-order valence-electron chi connectivity index (χ3n) is 4.55. The number of aryl methyl sites for hydroxylation is 1. The Morgan fingerprint density at radius 1 is 0.654 bits per heavy atom. The molecule has 0 atom stereocenters. The molecule has 0 unspecified atom stereocenters. The molecule has 0 N–H and O–H groups in total. The van der Waals surface area contributed by atoms with Gasteiger partial charge in [0.25, 0.3) is 0 Å². The van der Waals surface area contributed by atoms with Crippen molar-refractivity contribution in [2.45, 2.75) is 32.6 Å². The smallest absolute Gasteiger partial charge is 0.133 e. The molecule has 0 bridgehead atoms. The molecule has 0 spiro atoms. The molecule has 26 heavy (non-hydrogen) atoms. The average Bonchev–Trinajstić information content (AvgIpc) is 2.63. The Bertz CT molecular complexity index is 882. The van der Waals surface area contributed by atoms with Crippen LogP contribution in [0.25, 0.3) is 22.3 Å². The summed E-state index contributed by atoms with van der Waals surface area (Å²) in [6, 6.07) is 15.8. The average molecular weight is 354 g/mol. The van der Waals surface area contributed by atoms with E-state index in [1.807, 2.05) is 24.3 Å². The van der Waals surface area contributed by atoms with Gasteiger partial charge in [-0.25, -0.2) is 13.2 Å². The van der Waals surface area contributed by atoms with Crippen LogP contribution in [0.4, 0.5) is 13.2 Å². The lowest BCUT2D eigenvalue weighted by molar-refractivity contribution is 0.585. The Kier molecular flexibility index (Phi) is 5.77. The topological polar surface area (TPSA) is 0 Å². The number of rotatable bonds is 6. The van der Waals surface area contributed by atoms with Crippen molar-refractivity contribution < 1.29 is 13.2 Å². The molecule has 3 rings (SSSR count). The molecule has 3 heteroatoms. The maximum absolute atomic E-state index is 14.6. The van der Waals surface area contributed by atoms with Crippen molar-refractivity contribution in [2.24, 2.45) is 0 Å². The summed E-state index contributed by atoms with van der Waals surface area (Å²) in [5.74, 6) is -1.78. The van der Waals surface area contributed by atoms with Crippen LogP contribution in [-0.4, -0.2) is 0 Å². The van der Waals surface area contributed by atoms with Crippen molar-refractivity contribution in [2.75, 3.05) is 0 Å². The number of halogens is 3. The summed E-state index contributed by atoms with van der Waals surface area (Å²) in [5.41, 5.74) is 3.07. The second kappa shape index (κ2) is 8.22. The van der Waals surface area contributed by atoms with Crippen molar-refractivity contribution in [1.82, 2.24) is 0 Å². The van der Waals surface area contributed by atoms with Gasteiger partial charge in [-0.15, -0.1) is 0 Å². The van der Waals surface area contributed by atoms with Crippen LogP contribution in [0, 0.1) is 17.5 Å². The second-order valence-electron chi connectivity index (χ2n) is 6.47. The van der Waals surface area contributed by atoms with E-state index in [1.54, 1.807) is 12.1 Å². The highest BCUT2D eigenvalue weighted by atomic mass is 19.1. The van der Waals surface area contributed by atoms with Crippen LogP contribution in [-0.2, 0) is 6.42 Å². The summed E-state index contributed by atoms with van der Waals surface area (Å²) in [6.07, 6.45) is 4.57. The largest absolute Gasteiger partial charge is 0.207 e. The van der Waals surface area contributed by atoms with Gasteiger partial charge in [-0.3, -0.25) is 0 Å². The quantitative estimate of drug-likeness (QED) is 0.412. The maximum atomic E-state index is 14.6. The summed E-state index contributed by atoms with van der Waals surface area (Å²) >= 11 is 0. The number of benzene rings is 3. The van der Waals surface area contributed by atoms with Gasteiger partial charge in [-0.1, -0.05) is 56.2 Å². The summed E-state index contributed by atoms with van der Waals surface area (Å²) in [7, 11) is 0. The zero-order valence-corrected chi connectivity index (χ0v) is 14.7. The summed E-state index contributed by atoms with van der Waals surface area (Å²) in [6.45, 7) is 2.17. The monoisotopic (exact) mass is 354 g/mol. The SMILES string of the molecule is CCCCCc1ccc(-c2ccc(-c3ccc(F)cc3F)cc2F)cc1. The molecule has 3 aromatic carbocycles. The van der Waals surface area contributed by atoms with E-state index in [4.69, 9.17) is 0 Å². The predicted molar refractivity (Wildman–Crippen MR) is 100 cm³/mol. The molecule has 134 valence electrons. The van der Waals surface area contributed by atoms with E-state index in [9.17, 15) is 13.2 Å². The minimum Gasteiger partial charge on any atom is -0.207 e. The Hall–Kier alpha value is -2.55. The highest BCUT2D eigenvalue weighted by Gasteiger charge is 2.11. The van der Waals surface area contributed by atoms with Gasteiger partial charge >= 0.3 is 0 Å². The Balaban J connectivity index is 1.83. The van der Waals surface area contributed by atoms with Gasteiger partial charge in [0, 0.05) is 17.2 Å². The molecule has 0 heterocycles. The molecule has 0 radical (unpaired) electrons. The van der Waals surface area contributed by atoms with E-state index in [1.165, 1.54) is 36.6 Å². The molecule has 0 aliphatic rings. The van der Waals surface area contributed by atoms with Crippen molar-refractivity contribution in [3.05, 3.63) is 83.7 Å². The second-order valence-corrected chi connectivity index (χ2v) is 6.47. The van der Waals surface area contributed by atoms with E-state index in [0.29, 0.717) is 11.1 Å². The first-order chi connectivity index (χ1) is 12.6. The van der Waals surface area contributed by atoms with E-state index >= 15 is 0 Å². The van der Waals surface area contributed by atoms with Gasteiger partial charge in [-0.05, 0) is 47.7 Å². The first-order valence-corrected chi connectivity index (χ1v) is 8.93. The summed E-state index contributed by atoms with van der Waals surface area (Å²) < 4.78 is 41.5. The highest BCUT2D eigenvalue weighted by molar-refractivity contribution is 5.71. The molecule has 0 aliphatic heterocycles. The van der Waals surface area contributed by atoms with Gasteiger partial charge in [0.05, 0.1) is 0 Å². The van der Waals surface area contributed by atoms with Crippen LogP contribution in [0.15, 0.2) is 60.7 Å². The minimum absolute atomic E-state index is 0.183. The van der Waals surface area contributed by atoms with Gasteiger partial charge in [0.2, 0.25) is 0 Å². The molecule has 0 saturated carbocycles. The Morgan fingerprint density at radius 3 is 1.92 bits per heavy atom. The van der Waals surface area contributed by atoms with Gasteiger partial charge < -0.3 is 0 Å². The number of hydrogen-bond acceptors (Lipinski definition) is 0. The molecular weight excluding hydrogens is 333 g/mol. The molecule has 0 amide bonds. The van der Waals surface area contributed by atoms with Crippen LogP contribution in [0.1, 0.15) is 31.7 Å². The minimum atomic E-state index is -0.700. The molecule has 0 fully saturated rings. The Morgan fingerprint density at radius 2 is 1.27 bits per heavy atom. The molecular formula is C23H21F3. The van der Waals surface area contributed by atoms with Crippen molar-refractivity contribution >= 4 is 0 Å². The molecule has 3 aromatic rings. The van der Waals surface area contributed by atoms with E-state index in [0.717, 1.165) is 24.5 Å². The lowest BCUT2D eigenvalue weighted by Gasteiger charge is -2.09. The zero-order valence-electron chi connectivity index (χ0n) is 14.7. The fraction of sp³-hybridized carbons (Fsp3) is 0.217. The van der Waals surface area contributed by atoms with E-state index in [2.05, 4.69) is 6.92 Å². The first kappa shape index (κ1) is 18.2. The number of unbranched alkanes of at least 4 members (excludes halogenated alkanes) is 2. The fourth-order valence-electron chi connectivity index (χ4n) is 3.07. The van der Waals surface area contributed by atoms with Crippen LogP contribution >= 0.6 is 0 Å². The van der Waals surface area contributed by atoms with Gasteiger partial charge in [-0.2, -0.15) is 0 Å². The summed E-state index contributed by atoms with van der Waals surface area (Å²) in [4.78, 5) is 0. The third kappa shape index (κ3) is 4.16. The Labute approximate surface area is 152 Å². The molecule has 0 saturated heterocycles. The van der Waals surface area contributed by atoms with Gasteiger partial charge in [0.15, 0.2) is 0 Å². The van der Waals surface area contributed by atoms with Crippen LogP contribution in [0.2, 0.25) is 0 Å². The van der Waals surface area contributed by atoms with Crippen molar-refractivity contribution in [1.29, 1.82) is 0 Å². The lowest BCUT2D eigenvalue weighted by Crippen LogP contribution is -1.91. The van der Waals surface area contributed by atoms with Gasteiger partial charge in [0.1, 0.15) is 17.5 Å². The standard InChI is InChI=1S/C23H21F3/c1-2-3-4-5-16-6-8-17(9-7-16)20-12-10-18(14-22(20)25)21-13-11-19(24)15-23(21)26/h6-15H,2-5H2,1H3. The number of hydrogen-bond donors (Lipinski definition) is 0. The lowest BCUT2D eigenvalue weighted by atomic mass is 9.98. The predicted octanol–water partition coefficient (Wildman–Crippen LogP) is 7.17. The van der Waals surface area contributed by atoms with Crippen LogP contribution in [0.3, 0.4) is 0 Å². The normalized spacial score (nSPS) is 10.9. The third-order valence-corrected chi connectivity index (χ3v) is 4.55. The maximum Gasteiger partial charge on any atom is 0.133 e.